The average Bonchev–Trinajstić information content (AvgIpc) is 3.25. The lowest BCUT2D eigenvalue weighted by Crippen LogP contribution is -2.34. The topological polar surface area (TPSA) is 73.1 Å². The summed E-state index contributed by atoms with van der Waals surface area (Å²) in [5, 5.41) is 26.3. The number of hydrogen-bond donors (Lipinski definition) is 2. The number of hydrazone groups is 1. The van der Waals surface area contributed by atoms with Gasteiger partial charge in [0.15, 0.2) is 0 Å². The van der Waals surface area contributed by atoms with Crippen molar-refractivity contribution < 1.29 is 19.4 Å². The molecule has 7 heteroatoms. The molecule has 0 amide bonds. The molecule has 0 saturated carbocycles. The van der Waals surface area contributed by atoms with E-state index in [0.29, 0.717) is 22.6 Å². The summed E-state index contributed by atoms with van der Waals surface area (Å²) in [6.45, 7) is 3.87. The number of hydrogen-bond acceptors (Lipinski definition) is 4. The maximum absolute atomic E-state index is 14.5. The van der Waals surface area contributed by atoms with E-state index in [1.54, 1.807) is 18.2 Å². The van der Waals surface area contributed by atoms with Crippen molar-refractivity contribution in [3.63, 3.8) is 0 Å². The first-order valence-corrected chi connectivity index (χ1v) is 13.5. The fourth-order valence-electron chi connectivity index (χ4n) is 5.28. The Morgan fingerprint density at radius 3 is 2.40 bits per heavy atom. The second kappa shape index (κ2) is 11.6. The highest BCUT2D eigenvalue weighted by Gasteiger charge is 2.37. The zero-order chi connectivity index (χ0) is 28.4. The van der Waals surface area contributed by atoms with Crippen molar-refractivity contribution in [2.24, 2.45) is 11.0 Å². The van der Waals surface area contributed by atoms with E-state index in [0.717, 1.165) is 39.2 Å². The molecule has 204 valence electrons. The predicted molar refractivity (Wildman–Crippen MR) is 157 cm³/mol. The lowest BCUT2D eigenvalue weighted by Gasteiger charge is -2.25. The Kier molecular flexibility index (Phi) is 8.01. The van der Waals surface area contributed by atoms with Gasteiger partial charge in [-0.15, -0.1) is 0 Å². The highest BCUT2D eigenvalue weighted by Crippen LogP contribution is 2.34. The van der Waals surface area contributed by atoms with E-state index >= 15 is 0 Å². The highest BCUT2D eigenvalue weighted by atomic mass is 35.5. The Labute approximate surface area is 238 Å². The number of benzene rings is 4. The van der Waals surface area contributed by atoms with Crippen molar-refractivity contribution in [3.8, 4) is 11.1 Å². The SMILES string of the molecule is Cc1cc(-c2cc(CO)ccc2F)ccc1Cc1ccc(N2N=C(c3cccc(Cl)c3)[C@@H](C)[C@@H]2CC(=O)O)cc1. The van der Waals surface area contributed by atoms with E-state index in [2.05, 4.69) is 0 Å². The van der Waals surface area contributed by atoms with Gasteiger partial charge in [-0.05, 0) is 83.1 Å². The van der Waals surface area contributed by atoms with E-state index in [1.807, 2.05) is 79.5 Å². The Morgan fingerprint density at radius 1 is 0.975 bits per heavy atom. The number of carboxylic acids is 1. The molecule has 1 aliphatic heterocycles. The van der Waals surface area contributed by atoms with E-state index in [9.17, 15) is 19.4 Å². The number of anilines is 1. The first-order valence-electron chi connectivity index (χ1n) is 13.2. The number of carbonyl (C=O) groups is 1. The molecule has 5 rings (SSSR count). The molecule has 0 aliphatic carbocycles. The maximum atomic E-state index is 14.5. The van der Waals surface area contributed by atoms with Gasteiger partial charge < -0.3 is 10.2 Å². The number of nitrogens with zero attached hydrogens (tertiary/aromatic N) is 2. The fraction of sp³-hybridized carbons (Fsp3) is 0.212. The molecule has 0 aromatic heterocycles. The van der Waals surface area contributed by atoms with Gasteiger partial charge in [-0.3, -0.25) is 9.80 Å². The first kappa shape index (κ1) is 27.6. The van der Waals surface area contributed by atoms with Gasteiger partial charge >= 0.3 is 5.97 Å². The molecule has 2 N–H and O–H groups in total. The van der Waals surface area contributed by atoms with Crippen LogP contribution in [0.3, 0.4) is 0 Å². The van der Waals surface area contributed by atoms with Crippen LogP contribution in [-0.2, 0) is 17.8 Å². The van der Waals surface area contributed by atoms with Crippen molar-refractivity contribution in [1.82, 2.24) is 0 Å². The third kappa shape index (κ3) is 5.79. The lowest BCUT2D eigenvalue weighted by molar-refractivity contribution is -0.137. The molecule has 0 bridgehead atoms. The molecule has 0 fully saturated rings. The average molecular weight is 557 g/mol. The van der Waals surface area contributed by atoms with Crippen LogP contribution >= 0.6 is 11.6 Å². The smallest absolute Gasteiger partial charge is 0.305 e. The number of aryl methyl sites for hydroxylation is 1. The second-order valence-corrected chi connectivity index (χ2v) is 10.7. The highest BCUT2D eigenvalue weighted by molar-refractivity contribution is 6.31. The lowest BCUT2D eigenvalue weighted by atomic mass is 9.91. The van der Waals surface area contributed by atoms with Gasteiger partial charge in [-0.1, -0.05) is 67.1 Å². The summed E-state index contributed by atoms with van der Waals surface area (Å²) < 4.78 is 14.5. The number of rotatable bonds is 8. The van der Waals surface area contributed by atoms with Gasteiger partial charge in [0.25, 0.3) is 0 Å². The molecule has 2 atom stereocenters. The summed E-state index contributed by atoms with van der Waals surface area (Å²) in [5.74, 6) is -1.29. The molecular formula is C33H30ClFN2O3. The molecule has 4 aromatic rings. The maximum Gasteiger partial charge on any atom is 0.305 e. The van der Waals surface area contributed by atoms with Gasteiger partial charge in [-0.2, -0.15) is 5.10 Å². The summed E-state index contributed by atoms with van der Waals surface area (Å²) >= 11 is 6.21. The normalized spacial score (nSPS) is 16.7. The van der Waals surface area contributed by atoms with Gasteiger partial charge in [0, 0.05) is 16.5 Å². The Balaban J connectivity index is 1.38. The minimum Gasteiger partial charge on any atom is -0.481 e. The molecule has 40 heavy (non-hydrogen) atoms. The molecule has 4 aromatic carbocycles. The third-order valence-electron chi connectivity index (χ3n) is 7.50. The quantitative estimate of drug-likeness (QED) is 0.240. The van der Waals surface area contributed by atoms with Crippen LogP contribution in [0.4, 0.5) is 10.1 Å². The van der Waals surface area contributed by atoms with Crippen molar-refractivity contribution in [3.05, 3.63) is 124 Å². The van der Waals surface area contributed by atoms with Crippen LogP contribution in [-0.4, -0.2) is 27.9 Å². The van der Waals surface area contributed by atoms with Crippen molar-refractivity contribution in [2.45, 2.75) is 39.3 Å². The minimum absolute atomic E-state index is 0.0379. The van der Waals surface area contributed by atoms with E-state index in [-0.39, 0.29) is 30.8 Å². The summed E-state index contributed by atoms with van der Waals surface area (Å²) in [6.07, 6.45) is 0.654. The number of carboxylic acid groups (broad SMARTS) is 1. The van der Waals surface area contributed by atoms with Crippen LogP contribution < -0.4 is 5.01 Å². The standard InChI is InChI=1S/C33H30ClFN2O3/c1-20-14-25(29-16-23(19-38)8-13-30(29)35)10-9-24(20)15-22-6-11-28(12-7-22)37-31(18-32(39)40)21(2)33(36-37)26-4-3-5-27(34)17-26/h3-14,16-17,21,31,38H,15,18-19H2,1-2H3,(H,39,40)/t21-,31-/m0/s1. The molecule has 5 nitrogen and oxygen atoms in total. The third-order valence-corrected chi connectivity index (χ3v) is 7.74. The number of aliphatic hydroxyl groups is 1. The molecular weight excluding hydrogens is 527 g/mol. The Morgan fingerprint density at radius 2 is 1.73 bits per heavy atom. The van der Waals surface area contributed by atoms with Crippen LogP contribution in [0.5, 0.6) is 0 Å². The molecule has 0 saturated heterocycles. The Hall–Kier alpha value is -4.00. The zero-order valence-electron chi connectivity index (χ0n) is 22.3. The monoisotopic (exact) mass is 556 g/mol. The van der Waals surface area contributed by atoms with Crippen molar-refractivity contribution in [1.29, 1.82) is 0 Å². The second-order valence-electron chi connectivity index (χ2n) is 10.3. The summed E-state index contributed by atoms with van der Waals surface area (Å²) in [5.41, 5.74) is 7.69. The largest absolute Gasteiger partial charge is 0.481 e. The Bertz CT molecular complexity index is 1590. The van der Waals surface area contributed by atoms with Crippen LogP contribution in [0.25, 0.3) is 11.1 Å². The van der Waals surface area contributed by atoms with Crippen molar-refractivity contribution in [2.75, 3.05) is 5.01 Å². The molecule has 0 unspecified atom stereocenters. The summed E-state index contributed by atoms with van der Waals surface area (Å²) in [4.78, 5) is 11.7. The van der Waals surface area contributed by atoms with Gasteiger partial charge in [0.05, 0.1) is 30.5 Å². The number of halogens is 2. The summed E-state index contributed by atoms with van der Waals surface area (Å²) in [6, 6.07) is 25.7. The van der Waals surface area contributed by atoms with E-state index < -0.39 is 5.97 Å². The molecule has 1 aliphatic rings. The van der Waals surface area contributed by atoms with Crippen LogP contribution in [0.15, 0.2) is 90.0 Å². The van der Waals surface area contributed by atoms with Crippen LogP contribution in [0.1, 0.15) is 41.2 Å². The van der Waals surface area contributed by atoms with Gasteiger partial charge in [0.1, 0.15) is 5.82 Å². The number of aliphatic carboxylic acids is 1. The predicted octanol–water partition coefficient (Wildman–Crippen LogP) is 7.24. The zero-order valence-corrected chi connectivity index (χ0v) is 23.1. The first-order chi connectivity index (χ1) is 19.2. The van der Waals surface area contributed by atoms with Crippen LogP contribution in [0.2, 0.25) is 5.02 Å². The van der Waals surface area contributed by atoms with Crippen LogP contribution in [0, 0.1) is 18.7 Å². The van der Waals surface area contributed by atoms with E-state index in [1.165, 1.54) is 6.07 Å². The fourth-order valence-corrected chi connectivity index (χ4v) is 5.47. The van der Waals surface area contributed by atoms with Gasteiger partial charge in [-0.25, -0.2) is 4.39 Å². The minimum atomic E-state index is -0.872. The van der Waals surface area contributed by atoms with Gasteiger partial charge in [0.2, 0.25) is 0 Å². The van der Waals surface area contributed by atoms with Crippen molar-refractivity contribution >= 4 is 29.0 Å². The number of aliphatic hydroxyl groups excluding tert-OH is 1. The van der Waals surface area contributed by atoms with E-state index in [4.69, 9.17) is 16.7 Å². The summed E-state index contributed by atoms with van der Waals surface area (Å²) in [7, 11) is 0. The molecule has 0 spiro atoms. The molecule has 1 heterocycles. The molecule has 0 radical (unpaired) electrons.